The summed E-state index contributed by atoms with van der Waals surface area (Å²) in [7, 11) is 0. The third-order valence-corrected chi connectivity index (χ3v) is 3.50. The first-order valence-corrected chi connectivity index (χ1v) is 7.55. The Morgan fingerprint density at radius 3 is 1.87 bits per heavy atom. The van der Waals surface area contributed by atoms with Crippen LogP contribution in [0, 0.1) is 0 Å². The lowest BCUT2D eigenvalue weighted by atomic mass is 10.1. The Bertz CT molecular complexity index is 753. The van der Waals surface area contributed by atoms with Crippen LogP contribution >= 0.6 is 0 Å². The van der Waals surface area contributed by atoms with Crippen molar-refractivity contribution in [2.75, 3.05) is 17.2 Å². The zero-order valence-corrected chi connectivity index (χ0v) is 12.7. The van der Waals surface area contributed by atoms with Gasteiger partial charge in [0.1, 0.15) is 0 Å². The van der Waals surface area contributed by atoms with E-state index < -0.39 is 0 Å². The normalized spacial score (nSPS) is 10.1. The van der Waals surface area contributed by atoms with E-state index in [9.17, 15) is 4.79 Å². The van der Waals surface area contributed by atoms with Crippen LogP contribution in [-0.2, 0) is 4.79 Å². The molecule has 3 rings (SSSR count). The Morgan fingerprint density at radius 1 is 0.652 bits per heavy atom. The van der Waals surface area contributed by atoms with Gasteiger partial charge >= 0.3 is 0 Å². The van der Waals surface area contributed by atoms with E-state index >= 15 is 0 Å². The fourth-order valence-corrected chi connectivity index (χ4v) is 2.32. The maximum Gasteiger partial charge on any atom is 0.243 e. The lowest BCUT2D eigenvalue weighted by Gasteiger charge is -2.08. The average Bonchev–Trinajstić information content (AvgIpc) is 2.62. The molecule has 3 nitrogen and oxygen atoms in total. The molecule has 0 aromatic heterocycles. The van der Waals surface area contributed by atoms with Gasteiger partial charge in [0.05, 0.1) is 6.54 Å². The molecule has 0 saturated carbocycles. The third kappa shape index (κ3) is 4.20. The summed E-state index contributed by atoms with van der Waals surface area (Å²) in [5, 5.41) is 5.98. The molecule has 0 fully saturated rings. The molecule has 114 valence electrons. The van der Waals surface area contributed by atoms with Crippen molar-refractivity contribution >= 4 is 17.3 Å². The number of benzene rings is 3. The van der Waals surface area contributed by atoms with E-state index in [0.29, 0.717) is 0 Å². The van der Waals surface area contributed by atoms with Crippen molar-refractivity contribution in [2.24, 2.45) is 0 Å². The maximum atomic E-state index is 11.9. The molecule has 0 unspecified atom stereocenters. The first-order chi connectivity index (χ1) is 11.3. The van der Waals surface area contributed by atoms with Crippen molar-refractivity contribution in [1.82, 2.24) is 0 Å². The minimum atomic E-state index is -0.0664. The molecule has 0 saturated heterocycles. The highest BCUT2D eigenvalue weighted by Gasteiger charge is 2.02. The van der Waals surface area contributed by atoms with E-state index in [0.717, 1.165) is 16.9 Å². The number of para-hydroxylation sites is 1. The second-order valence-electron chi connectivity index (χ2n) is 5.21. The Balaban J connectivity index is 1.55. The first kappa shape index (κ1) is 14.9. The van der Waals surface area contributed by atoms with Crippen molar-refractivity contribution in [3.8, 4) is 11.1 Å². The highest BCUT2D eigenvalue weighted by atomic mass is 16.1. The zero-order valence-electron chi connectivity index (χ0n) is 12.7. The van der Waals surface area contributed by atoms with E-state index in [1.165, 1.54) is 5.56 Å². The monoisotopic (exact) mass is 302 g/mol. The van der Waals surface area contributed by atoms with Crippen molar-refractivity contribution < 1.29 is 4.79 Å². The maximum absolute atomic E-state index is 11.9. The molecular weight excluding hydrogens is 284 g/mol. The van der Waals surface area contributed by atoms with Gasteiger partial charge in [-0.25, -0.2) is 0 Å². The minimum Gasteiger partial charge on any atom is -0.376 e. The quantitative estimate of drug-likeness (QED) is 0.733. The smallest absolute Gasteiger partial charge is 0.243 e. The number of carbonyl (C=O) groups excluding carboxylic acids is 1. The Labute approximate surface area is 136 Å². The fourth-order valence-electron chi connectivity index (χ4n) is 2.32. The number of anilines is 2. The Kier molecular flexibility index (Phi) is 4.69. The number of carbonyl (C=O) groups is 1. The van der Waals surface area contributed by atoms with Crippen LogP contribution in [0.2, 0.25) is 0 Å². The summed E-state index contributed by atoms with van der Waals surface area (Å²) >= 11 is 0. The fraction of sp³-hybridized carbons (Fsp3) is 0.0500. The van der Waals surface area contributed by atoms with Crippen LogP contribution in [0.3, 0.4) is 0 Å². The molecule has 0 aliphatic heterocycles. The standard InChI is InChI=1S/C20H18N2O/c23-20(22-19-9-5-2-6-10-19)15-21-18-13-11-17(12-14-18)16-7-3-1-4-8-16/h1-14,21H,15H2,(H,22,23). The molecule has 3 heteroatoms. The van der Waals surface area contributed by atoms with E-state index in [-0.39, 0.29) is 12.5 Å². The van der Waals surface area contributed by atoms with Crippen LogP contribution < -0.4 is 10.6 Å². The number of hydrogen-bond donors (Lipinski definition) is 2. The molecule has 0 spiro atoms. The summed E-state index contributed by atoms with van der Waals surface area (Å²) < 4.78 is 0. The van der Waals surface area contributed by atoms with Crippen LogP contribution in [0.25, 0.3) is 11.1 Å². The molecule has 0 bridgehead atoms. The summed E-state index contributed by atoms with van der Waals surface area (Å²) in [6.07, 6.45) is 0. The summed E-state index contributed by atoms with van der Waals surface area (Å²) in [5.41, 5.74) is 4.07. The molecule has 23 heavy (non-hydrogen) atoms. The van der Waals surface area contributed by atoms with Gasteiger partial charge in [-0.05, 0) is 35.4 Å². The number of nitrogens with one attached hydrogen (secondary N) is 2. The van der Waals surface area contributed by atoms with Crippen LogP contribution in [0.4, 0.5) is 11.4 Å². The van der Waals surface area contributed by atoms with Gasteiger partial charge in [0, 0.05) is 11.4 Å². The third-order valence-electron chi connectivity index (χ3n) is 3.50. The molecule has 3 aromatic rings. The van der Waals surface area contributed by atoms with Crippen molar-refractivity contribution in [3.05, 3.63) is 84.9 Å². The highest BCUT2D eigenvalue weighted by Crippen LogP contribution is 2.20. The average molecular weight is 302 g/mol. The molecule has 0 radical (unpaired) electrons. The van der Waals surface area contributed by atoms with Gasteiger partial charge in [-0.15, -0.1) is 0 Å². The summed E-state index contributed by atoms with van der Waals surface area (Å²) in [6.45, 7) is 0.236. The lowest BCUT2D eigenvalue weighted by Crippen LogP contribution is -2.21. The van der Waals surface area contributed by atoms with E-state index in [2.05, 4.69) is 22.8 Å². The van der Waals surface area contributed by atoms with Gasteiger partial charge in [0.15, 0.2) is 0 Å². The zero-order chi connectivity index (χ0) is 15.9. The topological polar surface area (TPSA) is 41.1 Å². The summed E-state index contributed by atoms with van der Waals surface area (Å²) in [5.74, 6) is -0.0664. The van der Waals surface area contributed by atoms with E-state index in [4.69, 9.17) is 0 Å². The number of amides is 1. The molecule has 0 aliphatic rings. The van der Waals surface area contributed by atoms with Crippen LogP contribution in [0.5, 0.6) is 0 Å². The van der Waals surface area contributed by atoms with Gasteiger partial charge in [-0.3, -0.25) is 4.79 Å². The minimum absolute atomic E-state index is 0.0664. The molecule has 3 aromatic carbocycles. The summed E-state index contributed by atoms with van der Waals surface area (Å²) in [6, 6.07) is 27.7. The van der Waals surface area contributed by atoms with E-state index in [1.54, 1.807) is 0 Å². The second kappa shape index (κ2) is 7.27. The molecule has 0 aliphatic carbocycles. The van der Waals surface area contributed by atoms with Crippen LogP contribution in [-0.4, -0.2) is 12.5 Å². The Hall–Kier alpha value is -3.07. The van der Waals surface area contributed by atoms with Crippen LogP contribution in [0.15, 0.2) is 84.9 Å². The first-order valence-electron chi connectivity index (χ1n) is 7.55. The van der Waals surface area contributed by atoms with Gasteiger partial charge in [-0.2, -0.15) is 0 Å². The highest BCUT2D eigenvalue weighted by molar-refractivity contribution is 5.93. The Morgan fingerprint density at radius 2 is 1.22 bits per heavy atom. The molecular formula is C20H18N2O. The van der Waals surface area contributed by atoms with Gasteiger partial charge in [0.2, 0.25) is 5.91 Å². The lowest BCUT2D eigenvalue weighted by molar-refractivity contribution is -0.114. The second-order valence-corrected chi connectivity index (χ2v) is 5.21. The van der Waals surface area contributed by atoms with Crippen molar-refractivity contribution in [2.45, 2.75) is 0 Å². The molecule has 0 atom stereocenters. The molecule has 0 heterocycles. The number of hydrogen-bond acceptors (Lipinski definition) is 2. The van der Waals surface area contributed by atoms with E-state index in [1.807, 2.05) is 72.8 Å². The summed E-state index contributed by atoms with van der Waals surface area (Å²) in [4.78, 5) is 11.9. The van der Waals surface area contributed by atoms with Crippen LogP contribution in [0.1, 0.15) is 0 Å². The predicted octanol–water partition coefficient (Wildman–Crippen LogP) is 4.40. The van der Waals surface area contributed by atoms with Crippen molar-refractivity contribution in [1.29, 1.82) is 0 Å². The van der Waals surface area contributed by atoms with Gasteiger partial charge in [0.25, 0.3) is 0 Å². The largest absolute Gasteiger partial charge is 0.376 e. The molecule has 2 N–H and O–H groups in total. The van der Waals surface area contributed by atoms with Gasteiger partial charge < -0.3 is 10.6 Å². The SMILES string of the molecule is O=C(CNc1ccc(-c2ccccc2)cc1)Nc1ccccc1. The predicted molar refractivity (Wildman–Crippen MR) is 95.4 cm³/mol. The van der Waals surface area contributed by atoms with Crippen molar-refractivity contribution in [3.63, 3.8) is 0 Å². The number of rotatable bonds is 5. The van der Waals surface area contributed by atoms with Gasteiger partial charge in [-0.1, -0.05) is 60.7 Å². The molecule has 1 amide bonds.